The van der Waals surface area contributed by atoms with Crippen LogP contribution in [0.5, 0.6) is 0 Å². The molecule has 100 valence electrons. The zero-order chi connectivity index (χ0) is 13.1. The van der Waals surface area contributed by atoms with E-state index in [-0.39, 0.29) is 6.04 Å². The van der Waals surface area contributed by atoms with E-state index in [1.165, 1.54) is 42.9 Å². The molecule has 2 aromatic rings. The van der Waals surface area contributed by atoms with Crippen LogP contribution in [0.2, 0.25) is 0 Å². The van der Waals surface area contributed by atoms with E-state index in [1.807, 2.05) is 6.20 Å². The largest absolute Gasteiger partial charge is 0.323 e. The topological polar surface area (TPSA) is 38.9 Å². The van der Waals surface area contributed by atoms with Crippen molar-refractivity contribution in [2.45, 2.75) is 44.6 Å². The maximum Gasteiger partial charge on any atom is 0.0649 e. The van der Waals surface area contributed by atoms with Gasteiger partial charge in [-0.15, -0.1) is 0 Å². The summed E-state index contributed by atoms with van der Waals surface area (Å²) in [5.41, 5.74) is 7.50. The summed E-state index contributed by atoms with van der Waals surface area (Å²) in [5, 5.41) is 2.46. The number of nitrogens with two attached hydrogens (primary N) is 1. The molecule has 1 saturated carbocycles. The third-order valence-corrected chi connectivity index (χ3v) is 4.37. The summed E-state index contributed by atoms with van der Waals surface area (Å²) >= 11 is 0. The van der Waals surface area contributed by atoms with E-state index in [0.29, 0.717) is 0 Å². The fourth-order valence-electron chi connectivity index (χ4n) is 3.33. The van der Waals surface area contributed by atoms with E-state index in [2.05, 4.69) is 35.3 Å². The van der Waals surface area contributed by atoms with Gasteiger partial charge in [-0.3, -0.25) is 4.98 Å². The highest BCUT2D eigenvalue weighted by atomic mass is 14.8. The van der Waals surface area contributed by atoms with Crippen molar-refractivity contribution in [1.29, 1.82) is 0 Å². The Morgan fingerprint density at radius 1 is 1.11 bits per heavy atom. The van der Waals surface area contributed by atoms with E-state index < -0.39 is 0 Å². The van der Waals surface area contributed by atoms with Gasteiger partial charge in [0.05, 0.1) is 5.69 Å². The van der Waals surface area contributed by atoms with Crippen molar-refractivity contribution in [3.63, 3.8) is 0 Å². The third kappa shape index (κ3) is 2.79. The van der Waals surface area contributed by atoms with Crippen LogP contribution in [0.25, 0.3) is 10.8 Å². The lowest BCUT2D eigenvalue weighted by Crippen LogP contribution is -2.18. The molecule has 0 spiro atoms. The molecule has 0 aliphatic heterocycles. The second kappa shape index (κ2) is 5.70. The molecule has 1 heterocycles. The second-order valence-corrected chi connectivity index (χ2v) is 5.76. The minimum Gasteiger partial charge on any atom is -0.323 e. The Hall–Kier alpha value is -1.41. The molecule has 0 saturated heterocycles. The number of hydrogen-bond acceptors (Lipinski definition) is 2. The standard InChI is InChI=1S/C17H22N2/c18-16(12-13-6-2-1-3-7-13)17-15-9-5-4-8-14(15)10-11-19-17/h4-5,8-11,13,16H,1-3,6-7,12,18H2. The maximum absolute atomic E-state index is 6.43. The highest BCUT2D eigenvalue weighted by Crippen LogP contribution is 2.32. The Balaban J connectivity index is 1.82. The van der Waals surface area contributed by atoms with E-state index in [0.717, 1.165) is 18.0 Å². The summed E-state index contributed by atoms with van der Waals surface area (Å²) in [7, 11) is 0. The number of nitrogens with zero attached hydrogens (tertiary/aromatic N) is 1. The van der Waals surface area contributed by atoms with Gasteiger partial charge in [-0.2, -0.15) is 0 Å². The first-order chi connectivity index (χ1) is 9.34. The monoisotopic (exact) mass is 254 g/mol. The van der Waals surface area contributed by atoms with Crippen LogP contribution in [0.4, 0.5) is 0 Å². The number of benzene rings is 1. The number of fused-ring (bicyclic) bond motifs is 1. The van der Waals surface area contributed by atoms with E-state index in [1.54, 1.807) is 0 Å². The fraction of sp³-hybridized carbons (Fsp3) is 0.471. The first kappa shape index (κ1) is 12.6. The lowest BCUT2D eigenvalue weighted by molar-refractivity contribution is 0.318. The summed E-state index contributed by atoms with van der Waals surface area (Å²) in [6.07, 6.45) is 9.81. The second-order valence-electron chi connectivity index (χ2n) is 5.76. The molecule has 0 amide bonds. The van der Waals surface area contributed by atoms with Crippen molar-refractivity contribution in [3.8, 4) is 0 Å². The number of rotatable bonds is 3. The fourth-order valence-corrected chi connectivity index (χ4v) is 3.33. The molecule has 2 heteroatoms. The Morgan fingerprint density at radius 3 is 2.74 bits per heavy atom. The maximum atomic E-state index is 6.43. The van der Waals surface area contributed by atoms with Crippen LogP contribution >= 0.6 is 0 Å². The predicted octanol–water partition coefficient (Wildman–Crippen LogP) is 4.21. The molecule has 1 aliphatic rings. The third-order valence-electron chi connectivity index (χ3n) is 4.37. The van der Waals surface area contributed by atoms with Crippen molar-refractivity contribution in [3.05, 3.63) is 42.2 Å². The van der Waals surface area contributed by atoms with Gasteiger partial charge in [0.25, 0.3) is 0 Å². The van der Waals surface area contributed by atoms with Gasteiger partial charge in [0.2, 0.25) is 0 Å². The summed E-state index contributed by atoms with van der Waals surface area (Å²) in [5.74, 6) is 0.796. The van der Waals surface area contributed by atoms with E-state index in [9.17, 15) is 0 Å². The molecule has 19 heavy (non-hydrogen) atoms. The number of hydrogen-bond donors (Lipinski definition) is 1. The van der Waals surface area contributed by atoms with Crippen molar-refractivity contribution < 1.29 is 0 Å². The molecule has 2 N–H and O–H groups in total. The summed E-state index contributed by atoms with van der Waals surface area (Å²) in [4.78, 5) is 4.55. The number of pyridine rings is 1. The molecule has 0 bridgehead atoms. The van der Waals surface area contributed by atoms with Gasteiger partial charge in [-0.25, -0.2) is 0 Å². The minimum atomic E-state index is 0.0780. The lowest BCUT2D eigenvalue weighted by Gasteiger charge is -2.24. The van der Waals surface area contributed by atoms with Crippen molar-refractivity contribution >= 4 is 10.8 Å². The van der Waals surface area contributed by atoms with Gasteiger partial charge >= 0.3 is 0 Å². The van der Waals surface area contributed by atoms with Gasteiger partial charge in [-0.1, -0.05) is 56.4 Å². The van der Waals surface area contributed by atoms with Gasteiger partial charge < -0.3 is 5.73 Å². The predicted molar refractivity (Wildman–Crippen MR) is 79.9 cm³/mol. The smallest absolute Gasteiger partial charge is 0.0649 e. The SMILES string of the molecule is NC(CC1CCCCC1)c1nccc2ccccc12. The first-order valence-electron chi connectivity index (χ1n) is 7.44. The highest BCUT2D eigenvalue weighted by molar-refractivity contribution is 5.84. The van der Waals surface area contributed by atoms with Crippen LogP contribution < -0.4 is 5.73 Å². The zero-order valence-electron chi connectivity index (χ0n) is 11.4. The van der Waals surface area contributed by atoms with E-state index >= 15 is 0 Å². The van der Waals surface area contributed by atoms with Crippen molar-refractivity contribution in [2.75, 3.05) is 0 Å². The summed E-state index contributed by atoms with van der Waals surface area (Å²) in [6.45, 7) is 0. The van der Waals surface area contributed by atoms with Gasteiger partial charge in [-0.05, 0) is 23.8 Å². The molecule has 1 aliphatic carbocycles. The van der Waals surface area contributed by atoms with Crippen molar-refractivity contribution in [1.82, 2.24) is 4.98 Å². The zero-order valence-corrected chi connectivity index (χ0v) is 11.4. The molecule has 1 aromatic heterocycles. The van der Waals surface area contributed by atoms with Gasteiger partial charge in [0.1, 0.15) is 0 Å². The van der Waals surface area contributed by atoms with Gasteiger partial charge in [0, 0.05) is 17.6 Å². The van der Waals surface area contributed by atoms with Crippen LogP contribution in [0, 0.1) is 5.92 Å². The van der Waals surface area contributed by atoms with Crippen LogP contribution in [-0.2, 0) is 0 Å². The highest BCUT2D eigenvalue weighted by Gasteiger charge is 2.19. The molecule has 1 atom stereocenters. The Kier molecular flexibility index (Phi) is 3.79. The molecule has 0 radical (unpaired) electrons. The average molecular weight is 254 g/mol. The lowest BCUT2D eigenvalue weighted by atomic mass is 9.84. The normalized spacial score (nSPS) is 18.6. The average Bonchev–Trinajstić information content (AvgIpc) is 2.47. The Labute approximate surface area is 115 Å². The van der Waals surface area contributed by atoms with Crippen LogP contribution in [0.1, 0.15) is 50.3 Å². The summed E-state index contributed by atoms with van der Waals surface area (Å²) in [6, 6.07) is 10.5. The quantitative estimate of drug-likeness (QED) is 0.891. The summed E-state index contributed by atoms with van der Waals surface area (Å²) < 4.78 is 0. The first-order valence-corrected chi connectivity index (χ1v) is 7.44. The van der Waals surface area contributed by atoms with Crippen LogP contribution in [0.3, 0.4) is 0 Å². The molecule has 2 nitrogen and oxygen atoms in total. The van der Waals surface area contributed by atoms with E-state index in [4.69, 9.17) is 5.73 Å². The minimum absolute atomic E-state index is 0.0780. The van der Waals surface area contributed by atoms with Gasteiger partial charge in [0.15, 0.2) is 0 Å². The molecular formula is C17H22N2. The molecule has 1 fully saturated rings. The molecular weight excluding hydrogens is 232 g/mol. The number of aromatic nitrogens is 1. The molecule has 3 rings (SSSR count). The molecule has 1 unspecified atom stereocenters. The van der Waals surface area contributed by atoms with Crippen LogP contribution in [0.15, 0.2) is 36.5 Å². The Morgan fingerprint density at radius 2 is 1.89 bits per heavy atom. The van der Waals surface area contributed by atoms with Crippen molar-refractivity contribution in [2.24, 2.45) is 11.7 Å². The van der Waals surface area contributed by atoms with Crippen LogP contribution in [-0.4, -0.2) is 4.98 Å². The Bertz CT molecular complexity index is 538. The molecule has 1 aromatic carbocycles.